The number of rotatable bonds is 14. The monoisotopic (exact) mass is 404 g/mol. The van der Waals surface area contributed by atoms with Gasteiger partial charge in [-0.3, -0.25) is 0 Å². The van der Waals surface area contributed by atoms with Crippen LogP contribution in [0.15, 0.2) is 42.5 Å². The standard InChI is InChI=1S/C28H40Si/c1-5-7-8-9-10-11-12-13-14-17-24-29(3,4)27-22-20-26(21-23-27)28-19-16-15-18-25(28)6-2/h2,6,15,18-23H,5,7-14,17,24H2,1,3-4H3. The summed E-state index contributed by atoms with van der Waals surface area (Å²) in [6.07, 6.45) is 15.8. The van der Waals surface area contributed by atoms with Gasteiger partial charge in [-0.05, 0) is 28.8 Å². The molecule has 29 heavy (non-hydrogen) atoms. The van der Waals surface area contributed by atoms with Crippen LogP contribution in [0.5, 0.6) is 0 Å². The first-order valence-electron chi connectivity index (χ1n) is 11.7. The average Bonchev–Trinajstić information content (AvgIpc) is 2.75. The van der Waals surface area contributed by atoms with Gasteiger partial charge in [0.2, 0.25) is 0 Å². The lowest BCUT2D eigenvalue weighted by Crippen LogP contribution is -2.40. The summed E-state index contributed by atoms with van der Waals surface area (Å²) in [5, 5.41) is 1.57. The van der Waals surface area contributed by atoms with E-state index < -0.39 is 8.07 Å². The Hall–Kier alpha value is -1.60. The van der Waals surface area contributed by atoms with Crippen molar-refractivity contribution >= 4 is 19.3 Å². The van der Waals surface area contributed by atoms with Crippen LogP contribution < -0.4 is 5.19 Å². The van der Waals surface area contributed by atoms with Crippen LogP contribution in [0.25, 0.3) is 17.2 Å². The fourth-order valence-corrected chi connectivity index (χ4v) is 6.63. The van der Waals surface area contributed by atoms with Gasteiger partial charge in [0.1, 0.15) is 0 Å². The smallest absolute Gasteiger partial charge is 0.0654 e. The van der Waals surface area contributed by atoms with Gasteiger partial charge in [-0.1, -0.05) is 145 Å². The maximum absolute atomic E-state index is 5.78. The first kappa shape index (κ1) is 23.7. The lowest BCUT2D eigenvalue weighted by Gasteiger charge is -2.23. The van der Waals surface area contributed by atoms with E-state index in [1.165, 1.54) is 75.8 Å². The van der Waals surface area contributed by atoms with E-state index in [1.807, 2.05) is 18.2 Å². The van der Waals surface area contributed by atoms with Crippen molar-refractivity contribution in [1.29, 1.82) is 0 Å². The second-order valence-electron chi connectivity index (χ2n) is 9.07. The molecule has 0 nitrogen and oxygen atoms in total. The van der Waals surface area contributed by atoms with Crippen LogP contribution in [0.2, 0.25) is 19.1 Å². The molecule has 0 saturated heterocycles. The topological polar surface area (TPSA) is 0 Å². The van der Waals surface area contributed by atoms with E-state index >= 15 is 0 Å². The van der Waals surface area contributed by atoms with Crippen LogP contribution >= 0.6 is 0 Å². The summed E-state index contributed by atoms with van der Waals surface area (Å²) in [6, 6.07) is 19.8. The van der Waals surface area contributed by atoms with Gasteiger partial charge in [-0.25, -0.2) is 0 Å². The Morgan fingerprint density at radius 2 is 1.41 bits per heavy atom. The SMILES string of the molecule is [CH]=Cc1cc[c]cc1-c1ccc([Si](C)(C)CCCCCCCCCCCC)cc1. The van der Waals surface area contributed by atoms with Crippen LogP contribution in [0, 0.1) is 12.6 Å². The molecule has 0 unspecified atom stereocenters. The largest absolute Gasteiger partial charge is 0.0806 e. The first-order chi connectivity index (χ1) is 14.1. The third-order valence-electron chi connectivity index (χ3n) is 6.21. The molecule has 0 saturated carbocycles. The molecule has 0 fully saturated rings. The summed E-state index contributed by atoms with van der Waals surface area (Å²) in [6.45, 7) is 13.1. The Morgan fingerprint density at radius 1 is 0.828 bits per heavy atom. The van der Waals surface area contributed by atoms with Gasteiger partial charge in [0.15, 0.2) is 0 Å². The van der Waals surface area contributed by atoms with Crippen molar-refractivity contribution in [2.45, 2.75) is 90.3 Å². The summed E-state index contributed by atoms with van der Waals surface area (Å²) < 4.78 is 0. The predicted octanol–water partition coefficient (Wildman–Crippen LogP) is 8.44. The summed E-state index contributed by atoms with van der Waals surface area (Å²) in [4.78, 5) is 0. The third-order valence-corrected chi connectivity index (χ3v) is 9.71. The molecule has 2 aromatic carbocycles. The highest BCUT2D eigenvalue weighted by Gasteiger charge is 2.22. The van der Waals surface area contributed by atoms with Crippen LogP contribution in [-0.2, 0) is 0 Å². The summed E-state index contributed by atoms with van der Waals surface area (Å²) in [5.41, 5.74) is 3.46. The highest BCUT2D eigenvalue weighted by atomic mass is 28.3. The van der Waals surface area contributed by atoms with Gasteiger partial charge in [0.25, 0.3) is 0 Å². The fraction of sp³-hybridized carbons (Fsp3) is 0.500. The van der Waals surface area contributed by atoms with Crippen molar-refractivity contribution in [3.8, 4) is 11.1 Å². The zero-order valence-electron chi connectivity index (χ0n) is 19.0. The molecular formula is C28H40Si. The zero-order chi connectivity index (χ0) is 21.0. The van der Waals surface area contributed by atoms with Crippen LogP contribution in [0.1, 0.15) is 76.7 Å². The zero-order valence-corrected chi connectivity index (χ0v) is 20.0. The van der Waals surface area contributed by atoms with Crippen LogP contribution in [0.4, 0.5) is 0 Å². The molecule has 0 aromatic heterocycles. The second-order valence-corrected chi connectivity index (χ2v) is 13.9. The Morgan fingerprint density at radius 3 is 2.00 bits per heavy atom. The van der Waals surface area contributed by atoms with Crippen LogP contribution in [-0.4, -0.2) is 8.07 Å². The lowest BCUT2D eigenvalue weighted by molar-refractivity contribution is 0.561. The third kappa shape index (κ3) is 7.97. The highest BCUT2D eigenvalue weighted by Crippen LogP contribution is 2.25. The van der Waals surface area contributed by atoms with E-state index in [0.717, 1.165) is 11.1 Å². The Kier molecular flexibility index (Phi) is 10.5. The molecule has 0 aliphatic rings. The minimum Gasteiger partial charge on any atom is -0.0654 e. The summed E-state index contributed by atoms with van der Waals surface area (Å²) in [7, 11) is -1.36. The van der Waals surface area contributed by atoms with Gasteiger partial charge >= 0.3 is 0 Å². The highest BCUT2D eigenvalue weighted by molar-refractivity contribution is 6.89. The fourth-order valence-electron chi connectivity index (χ4n) is 4.14. The number of hydrogen-bond acceptors (Lipinski definition) is 0. The van der Waals surface area contributed by atoms with Crippen molar-refractivity contribution in [3.63, 3.8) is 0 Å². The average molecular weight is 405 g/mol. The van der Waals surface area contributed by atoms with Gasteiger partial charge in [0.05, 0.1) is 8.07 Å². The van der Waals surface area contributed by atoms with E-state index in [4.69, 9.17) is 6.58 Å². The Bertz CT molecular complexity index is 711. The molecule has 156 valence electrons. The molecular weight excluding hydrogens is 364 g/mol. The van der Waals surface area contributed by atoms with Gasteiger partial charge < -0.3 is 0 Å². The van der Waals surface area contributed by atoms with E-state index in [-0.39, 0.29) is 0 Å². The normalized spacial score (nSPS) is 11.6. The molecule has 2 radical (unpaired) electrons. The van der Waals surface area contributed by atoms with Crippen molar-refractivity contribution in [2.24, 2.45) is 0 Å². The number of benzene rings is 2. The van der Waals surface area contributed by atoms with E-state index in [0.29, 0.717) is 0 Å². The Balaban J connectivity index is 1.76. The second kappa shape index (κ2) is 12.9. The molecule has 0 spiro atoms. The van der Waals surface area contributed by atoms with Crippen molar-refractivity contribution in [2.75, 3.05) is 0 Å². The maximum atomic E-state index is 5.78. The maximum Gasteiger partial charge on any atom is 0.0806 e. The van der Waals surface area contributed by atoms with Gasteiger partial charge in [-0.15, -0.1) is 0 Å². The molecule has 1 heteroatoms. The minimum atomic E-state index is -1.36. The molecule has 0 aliphatic carbocycles. The summed E-state index contributed by atoms with van der Waals surface area (Å²) in [5.74, 6) is 0. The van der Waals surface area contributed by atoms with Crippen molar-refractivity contribution in [3.05, 3.63) is 60.7 Å². The van der Waals surface area contributed by atoms with E-state index in [9.17, 15) is 0 Å². The molecule has 2 aromatic rings. The quantitative estimate of drug-likeness (QED) is 0.219. The molecule has 0 bridgehead atoms. The summed E-state index contributed by atoms with van der Waals surface area (Å²) >= 11 is 0. The van der Waals surface area contributed by atoms with Gasteiger partial charge in [0, 0.05) is 0 Å². The molecule has 0 heterocycles. The molecule has 0 aliphatic heterocycles. The van der Waals surface area contributed by atoms with Gasteiger partial charge in [-0.2, -0.15) is 0 Å². The minimum absolute atomic E-state index is 1.07. The van der Waals surface area contributed by atoms with Crippen molar-refractivity contribution in [1.82, 2.24) is 0 Å². The van der Waals surface area contributed by atoms with E-state index in [1.54, 1.807) is 11.3 Å². The predicted molar refractivity (Wildman–Crippen MR) is 133 cm³/mol. The first-order valence-corrected chi connectivity index (χ1v) is 14.9. The molecule has 0 amide bonds. The van der Waals surface area contributed by atoms with E-state index in [2.05, 4.69) is 50.3 Å². The number of hydrogen-bond donors (Lipinski definition) is 0. The lowest BCUT2D eigenvalue weighted by atomic mass is 10.00. The molecule has 0 N–H and O–H groups in total. The Labute approximate surface area is 181 Å². The number of unbranched alkanes of at least 4 members (excludes halogenated alkanes) is 9. The van der Waals surface area contributed by atoms with Crippen molar-refractivity contribution < 1.29 is 0 Å². The van der Waals surface area contributed by atoms with Crippen LogP contribution in [0.3, 0.4) is 0 Å². The molecule has 2 rings (SSSR count). The molecule has 0 atom stereocenters.